The molecule has 3 atom stereocenters. The van der Waals surface area contributed by atoms with Crippen LogP contribution in [0.15, 0.2) is 42.5 Å². The number of halogens is 8. The number of carbonyl (C=O) groups excluding carboxylic acids is 3. The minimum atomic E-state index is -5.08. The van der Waals surface area contributed by atoms with Crippen LogP contribution >= 0.6 is 11.3 Å². The van der Waals surface area contributed by atoms with Gasteiger partial charge in [0.25, 0.3) is 11.8 Å². The molecule has 3 aromatic heterocycles. The number of hydrogen-bond donors (Lipinski definition) is 3. The van der Waals surface area contributed by atoms with Crippen molar-refractivity contribution in [1.82, 2.24) is 30.4 Å². The van der Waals surface area contributed by atoms with Gasteiger partial charge in [-0.25, -0.2) is 22.9 Å². The summed E-state index contributed by atoms with van der Waals surface area (Å²) in [6.45, 7) is 0.165. The standard InChI is InChI=1S/C38H30F8N8O4S/c39-18-7-16(8-19(40)11-18)9-25(49-27(55)14-54-31-28(30(52-54)38(44,45)46)21-12-23(21)37(31,42)43)29-20(17-1-2-24(41)22(10-17)32(47)56)13-26-33(50-29)51-34(59-26)53-5-3-36(4-6-53)15-48-35(57)58-36/h1-2,7-8,10-11,13,21,23,25H,3-6,9,12,14-15H2,(H2,47,56)(H,48,57)(H,49,55)/t21-,23+,25-/m0/s1. The van der Waals surface area contributed by atoms with Gasteiger partial charge in [0.1, 0.15) is 35.3 Å². The number of piperidine rings is 1. The number of ether oxygens (including phenoxy) is 1. The molecule has 4 aliphatic rings. The van der Waals surface area contributed by atoms with E-state index in [1.54, 1.807) is 6.07 Å². The van der Waals surface area contributed by atoms with E-state index in [9.17, 15) is 40.7 Å². The van der Waals surface area contributed by atoms with Gasteiger partial charge in [0.15, 0.2) is 16.5 Å². The molecule has 0 radical (unpaired) electrons. The molecule has 4 N–H and O–H groups in total. The molecule has 2 aromatic carbocycles. The van der Waals surface area contributed by atoms with Gasteiger partial charge in [0.05, 0.1) is 28.5 Å². The molecule has 3 amide bonds. The number of amides is 3. The number of nitrogens with two attached hydrogens (primary N) is 1. The predicted molar refractivity (Wildman–Crippen MR) is 193 cm³/mol. The van der Waals surface area contributed by atoms with Crippen molar-refractivity contribution in [3.8, 4) is 11.1 Å². The van der Waals surface area contributed by atoms with E-state index in [0.717, 1.165) is 24.3 Å². The summed E-state index contributed by atoms with van der Waals surface area (Å²) in [5.41, 5.74) is 1.57. The van der Waals surface area contributed by atoms with Crippen molar-refractivity contribution < 1.29 is 54.2 Å². The van der Waals surface area contributed by atoms with Crippen LogP contribution in [0.3, 0.4) is 0 Å². The first-order valence-electron chi connectivity index (χ1n) is 18.3. The lowest BCUT2D eigenvalue weighted by molar-refractivity contribution is -0.142. The Hall–Kier alpha value is -5.86. The minimum Gasteiger partial charge on any atom is -0.441 e. The number of nitrogens with one attached hydrogen (secondary N) is 2. The maximum Gasteiger partial charge on any atom is 0.435 e. The van der Waals surface area contributed by atoms with E-state index in [0.29, 0.717) is 53.1 Å². The summed E-state index contributed by atoms with van der Waals surface area (Å²) in [5.74, 6) is -11.2. The highest BCUT2D eigenvalue weighted by Crippen LogP contribution is 2.68. The number of hydrogen-bond acceptors (Lipinski definition) is 9. The number of primary amides is 1. The number of nitrogens with zero attached hydrogens (tertiary/aromatic N) is 5. The summed E-state index contributed by atoms with van der Waals surface area (Å²) >= 11 is 1.22. The minimum absolute atomic E-state index is 0.00754. The van der Waals surface area contributed by atoms with Gasteiger partial charge in [-0.1, -0.05) is 17.4 Å². The number of fused-ring (bicyclic) bond motifs is 4. The van der Waals surface area contributed by atoms with Crippen molar-refractivity contribution >= 4 is 44.7 Å². The highest BCUT2D eigenvalue weighted by Gasteiger charge is 2.68. The average molecular weight is 847 g/mol. The zero-order valence-electron chi connectivity index (χ0n) is 30.3. The monoisotopic (exact) mass is 846 g/mol. The molecular weight excluding hydrogens is 817 g/mol. The Morgan fingerprint density at radius 3 is 2.44 bits per heavy atom. The maximum atomic E-state index is 15.4. The van der Waals surface area contributed by atoms with Crippen molar-refractivity contribution in [2.75, 3.05) is 24.5 Å². The Balaban J connectivity index is 1.13. The van der Waals surface area contributed by atoms with Crippen molar-refractivity contribution in [1.29, 1.82) is 0 Å². The molecular formula is C38H30F8N8O4S. The lowest BCUT2D eigenvalue weighted by atomic mass is 9.92. The lowest BCUT2D eigenvalue weighted by Crippen LogP contribution is -2.46. The topological polar surface area (TPSA) is 157 Å². The Bertz CT molecular complexity index is 2570. The van der Waals surface area contributed by atoms with E-state index >= 15 is 8.78 Å². The first kappa shape index (κ1) is 38.6. The molecule has 21 heteroatoms. The number of benzene rings is 2. The molecule has 0 bridgehead atoms. The maximum absolute atomic E-state index is 15.4. The summed E-state index contributed by atoms with van der Waals surface area (Å²) in [7, 11) is 0. The Morgan fingerprint density at radius 1 is 1.05 bits per heavy atom. The number of alkyl halides is 5. The second-order valence-electron chi connectivity index (χ2n) is 15.2. The zero-order valence-corrected chi connectivity index (χ0v) is 31.1. The van der Waals surface area contributed by atoms with Gasteiger partial charge in [-0.15, -0.1) is 0 Å². The van der Waals surface area contributed by atoms with E-state index in [1.807, 2.05) is 4.90 Å². The fourth-order valence-corrected chi connectivity index (χ4v) is 9.42. The molecule has 2 aliphatic carbocycles. The molecule has 59 heavy (non-hydrogen) atoms. The van der Waals surface area contributed by atoms with Crippen molar-refractivity contribution in [2.45, 2.75) is 61.9 Å². The van der Waals surface area contributed by atoms with Crippen LogP contribution in [-0.4, -0.2) is 62.9 Å². The molecule has 9 rings (SSSR count). The Morgan fingerprint density at radius 2 is 1.78 bits per heavy atom. The highest BCUT2D eigenvalue weighted by molar-refractivity contribution is 7.22. The van der Waals surface area contributed by atoms with Gasteiger partial charge in [-0.3, -0.25) is 14.3 Å². The van der Waals surface area contributed by atoms with E-state index in [-0.39, 0.29) is 34.5 Å². The van der Waals surface area contributed by atoms with Gasteiger partial charge < -0.3 is 26.0 Å². The molecule has 1 spiro atoms. The number of rotatable bonds is 9. The third-order valence-electron chi connectivity index (χ3n) is 11.3. The van der Waals surface area contributed by atoms with Crippen molar-refractivity contribution in [2.24, 2.45) is 11.7 Å². The molecule has 3 fully saturated rings. The third kappa shape index (κ3) is 6.87. The second-order valence-corrected chi connectivity index (χ2v) is 16.2. The number of thiazole rings is 1. The van der Waals surface area contributed by atoms with Gasteiger partial charge in [-0.05, 0) is 60.2 Å². The number of pyridine rings is 1. The Labute approximate surface area is 331 Å². The molecule has 12 nitrogen and oxygen atoms in total. The van der Waals surface area contributed by atoms with Crippen LogP contribution in [0, 0.1) is 23.4 Å². The normalized spacial score (nSPS) is 20.6. The quantitative estimate of drug-likeness (QED) is 0.143. The van der Waals surface area contributed by atoms with Gasteiger partial charge >= 0.3 is 12.3 Å². The first-order chi connectivity index (χ1) is 27.9. The predicted octanol–water partition coefficient (Wildman–Crippen LogP) is 6.48. The molecule has 308 valence electrons. The molecule has 5 heterocycles. The summed E-state index contributed by atoms with van der Waals surface area (Å²) in [4.78, 5) is 49.3. The SMILES string of the molecule is NC(=O)c1cc(-c2cc3sc(N4CCC5(CC4)CNC(=O)O5)nc3nc2[C@H](Cc2cc(F)cc(F)c2)NC(=O)Cn2nc(C(F)(F)F)c3c2C(F)(F)[C@@H]2C[C@H]32)ccc1F. The van der Waals surface area contributed by atoms with E-state index in [4.69, 9.17) is 20.4 Å². The summed E-state index contributed by atoms with van der Waals surface area (Å²) in [6.07, 6.45) is -5.16. The lowest BCUT2D eigenvalue weighted by Gasteiger charge is -2.36. The van der Waals surface area contributed by atoms with Crippen LogP contribution in [0.5, 0.6) is 0 Å². The Kier molecular flexibility index (Phi) is 8.91. The van der Waals surface area contributed by atoms with Crippen LogP contribution < -0.4 is 21.3 Å². The largest absolute Gasteiger partial charge is 0.441 e. The fourth-order valence-electron chi connectivity index (χ4n) is 8.42. The summed E-state index contributed by atoms with van der Waals surface area (Å²) in [5, 5.41) is 9.22. The molecule has 2 saturated heterocycles. The highest BCUT2D eigenvalue weighted by atomic mass is 32.1. The van der Waals surface area contributed by atoms with Gasteiger partial charge in [0, 0.05) is 49.0 Å². The third-order valence-corrected chi connectivity index (χ3v) is 12.3. The fraction of sp³-hybridized carbons (Fsp3) is 0.368. The summed E-state index contributed by atoms with van der Waals surface area (Å²) in [6, 6.07) is 6.20. The number of aromatic nitrogens is 4. The second kappa shape index (κ2) is 13.6. The van der Waals surface area contributed by atoms with Gasteiger partial charge in [-0.2, -0.15) is 32.0 Å². The van der Waals surface area contributed by atoms with Crippen LogP contribution in [0.4, 0.5) is 45.0 Å². The van der Waals surface area contributed by atoms with Gasteiger partial charge in [0.2, 0.25) is 5.91 Å². The molecule has 5 aromatic rings. The molecule has 2 aliphatic heterocycles. The van der Waals surface area contributed by atoms with E-state index in [1.165, 1.54) is 17.4 Å². The van der Waals surface area contributed by atoms with Crippen LogP contribution in [0.1, 0.15) is 69.8 Å². The smallest absolute Gasteiger partial charge is 0.435 e. The van der Waals surface area contributed by atoms with Crippen LogP contribution in [0.2, 0.25) is 0 Å². The van der Waals surface area contributed by atoms with Crippen molar-refractivity contribution in [3.63, 3.8) is 0 Å². The average Bonchev–Trinajstić information content (AvgIpc) is 3.39. The van der Waals surface area contributed by atoms with E-state index < -0.39 is 106 Å². The zero-order chi connectivity index (χ0) is 41.8. The number of anilines is 1. The molecule has 1 saturated carbocycles. The first-order valence-corrected chi connectivity index (χ1v) is 19.1. The molecule has 0 unspecified atom stereocenters. The number of carbonyl (C=O) groups is 3. The van der Waals surface area contributed by atoms with Crippen molar-refractivity contribution in [3.05, 3.63) is 93.7 Å². The number of alkyl carbamates (subject to hydrolysis) is 1. The summed E-state index contributed by atoms with van der Waals surface area (Å²) < 4.78 is 123. The van der Waals surface area contributed by atoms with Crippen LogP contribution in [-0.2, 0) is 34.6 Å². The van der Waals surface area contributed by atoms with Crippen LogP contribution in [0.25, 0.3) is 21.5 Å². The van der Waals surface area contributed by atoms with E-state index in [2.05, 4.69) is 15.7 Å².